The number of nitrogens with one attached hydrogen (secondary N) is 1. The number of halogens is 3. The summed E-state index contributed by atoms with van der Waals surface area (Å²) in [6.07, 6.45) is -4.75. The maximum atomic E-state index is 13.6. The van der Waals surface area contributed by atoms with Gasteiger partial charge in [0.1, 0.15) is 0 Å². The van der Waals surface area contributed by atoms with Crippen LogP contribution in [0.3, 0.4) is 0 Å². The van der Waals surface area contributed by atoms with Crippen LogP contribution in [0.2, 0.25) is 0 Å². The lowest BCUT2D eigenvalue weighted by Gasteiger charge is -2.10. The van der Waals surface area contributed by atoms with Gasteiger partial charge in [0.15, 0.2) is 5.69 Å². The first-order valence-electron chi connectivity index (χ1n) is 10.3. The Morgan fingerprint density at radius 1 is 1.08 bits per heavy atom. The van der Waals surface area contributed by atoms with E-state index in [9.17, 15) is 32.7 Å². The van der Waals surface area contributed by atoms with Gasteiger partial charge >= 0.3 is 17.8 Å². The van der Waals surface area contributed by atoms with Crippen LogP contribution in [-0.4, -0.2) is 25.2 Å². The van der Waals surface area contributed by atoms with Crippen LogP contribution in [0.15, 0.2) is 62.8 Å². The van der Waals surface area contributed by atoms with Crippen LogP contribution in [0.5, 0.6) is 0 Å². The van der Waals surface area contributed by atoms with Crippen LogP contribution >= 0.6 is 11.3 Å². The molecule has 5 rings (SSSR count). The summed E-state index contributed by atoms with van der Waals surface area (Å²) in [5.41, 5.74) is -2.66. The molecule has 0 saturated heterocycles. The summed E-state index contributed by atoms with van der Waals surface area (Å²) < 4.78 is 42.5. The first-order chi connectivity index (χ1) is 17.1. The molecule has 0 radical (unpaired) electrons. The minimum Gasteiger partial charge on any atom is -0.477 e. The Hall–Kier alpha value is -4.63. The lowest BCUT2D eigenvalue weighted by Crippen LogP contribution is -2.34. The molecule has 12 heteroatoms. The molecule has 0 fully saturated rings. The number of carboxylic acid groups (broad SMARTS) is 1. The molecule has 180 valence electrons. The van der Waals surface area contributed by atoms with Crippen molar-refractivity contribution in [2.45, 2.75) is 12.7 Å². The minimum atomic E-state index is -4.75. The monoisotopic (exact) mass is 510 g/mol. The molecule has 8 nitrogen and oxygen atoms in total. The number of fused-ring (bicyclic) bond motifs is 2. The van der Waals surface area contributed by atoms with Gasteiger partial charge in [-0.2, -0.15) is 18.4 Å². The Labute approximate surface area is 202 Å². The summed E-state index contributed by atoms with van der Waals surface area (Å²) in [5.74, 6) is -1.54. The zero-order chi connectivity index (χ0) is 25.8. The fraction of sp³-hybridized carbons (Fsp3) is 0.0833. The molecular weight excluding hydrogens is 497 g/mol. The molecular formula is C24H13F3N4O4S. The molecule has 2 aromatic carbocycles. The number of carbonyl (C=O) groups is 1. The highest BCUT2D eigenvalue weighted by atomic mass is 32.1. The first-order valence-corrected chi connectivity index (χ1v) is 11.2. The van der Waals surface area contributed by atoms with Gasteiger partial charge in [-0.15, -0.1) is 11.3 Å². The normalized spacial score (nSPS) is 11.7. The summed E-state index contributed by atoms with van der Waals surface area (Å²) >= 11 is 1.13. The Kier molecular flexibility index (Phi) is 5.30. The highest BCUT2D eigenvalue weighted by Gasteiger charge is 2.33. The molecule has 3 aromatic heterocycles. The van der Waals surface area contributed by atoms with E-state index in [1.807, 2.05) is 6.07 Å². The average Bonchev–Trinajstić information content (AvgIpc) is 3.42. The molecule has 0 saturated carbocycles. The number of nitrogens with zero attached hydrogens (tertiary/aromatic N) is 3. The molecule has 0 unspecified atom stereocenters. The van der Waals surface area contributed by atoms with E-state index in [-0.39, 0.29) is 28.4 Å². The van der Waals surface area contributed by atoms with Gasteiger partial charge in [-0.25, -0.2) is 14.2 Å². The first kappa shape index (κ1) is 23.1. The van der Waals surface area contributed by atoms with Crippen LogP contribution in [0.1, 0.15) is 27.2 Å². The SMILES string of the molecule is N#Cc1ccc(Cn2c(C(=O)O)c(-n3c(=O)[nH]c4cscc4c3=O)c3cc(C(F)(F)F)ccc32)cc1. The van der Waals surface area contributed by atoms with E-state index in [1.165, 1.54) is 27.5 Å². The molecule has 2 N–H and O–H groups in total. The summed E-state index contributed by atoms with van der Waals surface area (Å²) in [5, 5.41) is 22.0. The molecule has 0 aliphatic rings. The summed E-state index contributed by atoms with van der Waals surface area (Å²) in [6, 6.07) is 10.8. The molecule has 0 aliphatic carbocycles. The molecule has 0 atom stereocenters. The number of carboxylic acids is 1. The number of aromatic nitrogens is 3. The van der Waals surface area contributed by atoms with Gasteiger partial charge in [0.05, 0.1) is 39.3 Å². The lowest BCUT2D eigenvalue weighted by atomic mass is 10.1. The fourth-order valence-corrected chi connectivity index (χ4v) is 4.89. The van der Waals surface area contributed by atoms with Gasteiger partial charge in [0, 0.05) is 22.7 Å². The molecule has 5 aromatic rings. The van der Waals surface area contributed by atoms with Crippen molar-refractivity contribution in [3.8, 4) is 11.8 Å². The van der Waals surface area contributed by atoms with Gasteiger partial charge in [0.25, 0.3) is 5.56 Å². The van der Waals surface area contributed by atoms with Crippen molar-refractivity contribution in [1.29, 1.82) is 5.26 Å². The summed E-state index contributed by atoms with van der Waals surface area (Å²) in [4.78, 5) is 41.2. The van der Waals surface area contributed by atoms with Crippen molar-refractivity contribution in [2.24, 2.45) is 0 Å². The number of aromatic amines is 1. The number of rotatable bonds is 4. The molecule has 0 spiro atoms. The maximum Gasteiger partial charge on any atom is 0.416 e. The van der Waals surface area contributed by atoms with Gasteiger partial charge in [-0.1, -0.05) is 12.1 Å². The molecule has 3 heterocycles. The number of hydrogen-bond acceptors (Lipinski definition) is 5. The van der Waals surface area contributed by atoms with Crippen LogP contribution in [0.25, 0.3) is 27.5 Å². The van der Waals surface area contributed by atoms with Crippen LogP contribution < -0.4 is 11.2 Å². The second kappa shape index (κ2) is 8.24. The van der Waals surface area contributed by atoms with E-state index in [0.29, 0.717) is 15.7 Å². The van der Waals surface area contributed by atoms with Crippen molar-refractivity contribution in [1.82, 2.24) is 14.1 Å². The number of nitriles is 1. The number of alkyl halides is 3. The number of H-pyrrole nitrogens is 1. The molecule has 0 amide bonds. The van der Waals surface area contributed by atoms with Gasteiger partial charge < -0.3 is 14.7 Å². The highest BCUT2D eigenvalue weighted by molar-refractivity contribution is 7.09. The van der Waals surface area contributed by atoms with E-state index in [2.05, 4.69) is 4.98 Å². The number of aromatic carboxylic acids is 1. The van der Waals surface area contributed by atoms with Crippen molar-refractivity contribution < 1.29 is 23.1 Å². The quantitative estimate of drug-likeness (QED) is 0.373. The molecule has 36 heavy (non-hydrogen) atoms. The van der Waals surface area contributed by atoms with Gasteiger partial charge in [-0.05, 0) is 35.9 Å². The molecule has 0 bridgehead atoms. The average molecular weight is 510 g/mol. The van der Waals surface area contributed by atoms with Crippen LogP contribution in [0, 0.1) is 11.3 Å². The Morgan fingerprint density at radius 2 is 1.81 bits per heavy atom. The Morgan fingerprint density at radius 3 is 2.44 bits per heavy atom. The second-order valence-electron chi connectivity index (χ2n) is 7.90. The van der Waals surface area contributed by atoms with E-state index in [1.54, 1.807) is 12.1 Å². The standard InChI is InChI=1S/C24H13F3N4O4S/c25-24(26,27)14-5-6-18-15(7-14)19(31-21(32)16-10-36-11-17(16)29-23(31)35)20(22(33)34)30(18)9-13-3-1-12(8-28)2-4-13/h1-7,10-11H,9H2,(H,29,35)(H,33,34). The topological polar surface area (TPSA) is 121 Å². The minimum absolute atomic E-state index is 0.0801. The fourth-order valence-electron chi connectivity index (χ4n) is 4.13. The van der Waals surface area contributed by atoms with Crippen LogP contribution in [-0.2, 0) is 12.7 Å². The molecule has 0 aliphatic heterocycles. The van der Waals surface area contributed by atoms with E-state index < -0.39 is 40.3 Å². The Bertz CT molecular complexity index is 1840. The number of benzene rings is 2. The van der Waals surface area contributed by atoms with Crippen molar-refractivity contribution in [3.05, 3.63) is 96.4 Å². The highest BCUT2D eigenvalue weighted by Crippen LogP contribution is 2.36. The van der Waals surface area contributed by atoms with Gasteiger partial charge in [0.2, 0.25) is 0 Å². The summed E-state index contributed by atoms with van der Waals surface area (Å²) in [6.45, 7) is -0.109. The van der Waals surface area contributed by atoms with Crippen LogP contribution in [0.4, 0.5) is 13.2 Å². The number of hydrogen-bond donors (Lipinski definition) is 2. The Balaban J connectivity index is 1.89. The summed E-state index contributed by atoms with van der Waals surface area (Å²) in [7, 11) is 0. The van der Waals surface area contributed by atoms with E-state index >= 15 is 0 Å². The zero-order valence-electron chi connectivity index (χ0n) is 18.0. The number of thiophene rings is 1. The largest absolute Gasteiger partial charge is 0.477 e. The third-order valence-corrected chi connectivity index (χ3v) is 6.50. The van der Waals surface area contributed by atoms with Crippen molar-refractivity contribution in [3.63, 3.8) is 0 Å². The second-order valence-corrected chi connectivity index (χ2v) is 8.64. The third kappa shape index (κ3) is 3.66. The van der Waals surface area contributed by atoms with E-state index in [0.717, 1.165) is 29.5 Å². The smallest absolute Gasteiger partial charge is 0.416 e. The maximum absolute atomic E-state index is 13.6. The predicted molar refractivity (Wildman–Crippen MR) is 126 cm³/mol. The lowest BCUT2D eigenvalue weighted by molar-refractivity contribution is -0.137. The third-order valence-electron chi connectivity index (χ3n) is 5.75. The van der Waals surface area contributed by atoms with Crippen molar-refractivity contribution in [2.75, 3.05) is 0 Å². The predicted octanol–water partition coefficient (Wildman–Crippen LogP) is 4.33. The van der Waals surface area contributed by atoms with E-state index in [4.69, 9.17) is 5.26 Å². The zero-order valence-corrected chi connectivity index (χ0v) is 18.8. The van der Waals surface area contributed by atoms with Gasteiger partial charge in [-0.3, -0.25) is 4.79 Å². The van der Waals surface area contributed by atoms with Crippen molar-refractivity contribution >= 4 is 39.1 Å².